The minimum Gasteiger partial charge on any atom is -0.289 e. The zero-order valence-corrected chi connectivity index (χ0v) is 9.84. The second-order valence-electron chi connectivity index (χ2n) is 3.34. The van der Waals surface area contributed by atoms with Gasteiger partial charge < -0.3 is 0 Å². The van der Waals surface area contributed by atoms with E-state index in [0.717, 1.165) is 13.0 Å². The van der Waals surface area contributed by atoms with Crippen molar-refractivity contribution < 1.29 is 0 Å². The lowest BCUT2D eigenvalue weighted by atomic mass is 10.0. The molecule has 1 aromatic rings. The average molecular weight is 285 g/mol. The van der Waals surface area contributed by atoms with Crippen LogP contribution >= 0.6 is 22.6 Å². The Bertz CT molecular complexity index is 355. The highest BCUT2D eigenvalue weighted by Gasteiger charge is 2.11. The summed E-state index contributed by atoms with van der Waals surface area (Å²) in [7, 11) is 0. The topological polar surface area (TPSA) is 12.4 Å². The minimum absolute atomic E-state index is 1.01. The van der Waals surface area contributed by atoms with Crippen LogP contribution in [0.2, 0.25) is 0 Å². The lowest BCUT2D eigenvalue weighted by Crippen LogP contribution is -2.00. The summed E-state index contributed by atoms with van der Waals surface area (Å²) in [6, 6.07) is 6.45. The summed E-state index contributed by atoms with van der Waals surface area (Å²) in [5.74, 6) is 0. The van der Waals surface area contributed by atoms with Crippen molar-refractivity contribution in [3.05, 3.63) is 32.9 Å². The molecule has 68 valence electrons. The minimum atomic E-state index is 1.01. The van der Waals surface area contributed by atoms with Gasteiger partial charge in [-0.25, -0.2) is 0 Å². The molecule has 0 aliphatic carbocycles. The van der Waals surface area contributed by atoms with Crippen LogP contribution in [0, 0.1) is 10.5 Å². The Hall–Kier alpha value is -0.380. The predicted octanol–water partition coefficient (Wildman–Crippen LogP) is 3.18. The highest BCUT2D eigenvalue weighted by atomic mass is 127. The monoisotopic (exact) mass is 285 g/mol. The molecular weight excluding hydrogens is 273 g/mol. The van der Waals surface area contributed by atoms with E-state index < -0.39 is 0 Å². The lowest BCUT2D eigenvalue weighted by Gasteiger charge is -2.06. The van der Waals surface area contributed by atoms with E-state index in [-0.39, 0.29) is 0 Å². The molecule has 2 heteroatoms. The van der Waals surface area contributed by atoms with Gasteiger partial charge in [0.05, 0.1) is 0 Å². The maximum atomic E-state index is 4.52. The maximum absolute atomic E-state index is 4.52. The van der Waals surface area contributed by atoms with Crippen molar-refractivity contribution in [2.45, 2.75) is 19.8 Å². The van der Waals surface area contributed by atoms with Crippen LogP contribution in [-0.4, -0.2) is 12.3 Å². The highest BCUT2D eigenvalue weighted by molar-refractivity contribution is 14.1. The first kappa shape index (κ1) is 9.19. The van der Waals surface area contributed by atoms with Crippen LogP contribution in [0.5, 0.6) is 0 Å². The molecule has 0 fully saturated rings. The van der Waals surface area contributed by atoms with Gasteiger partial charge in [0.25, 0.3) is 0 Å². The van der Waals surface area contributed by atoms with Gasteiger partial charge in [0, 0.05) is 15.8 Å². The third-order valence-electron chi connectivity index (χ3n) is 2.45. The van der Waals surface area contributed by atoms with Crippen LogP contribution in [0.3, 0.4) is 0 Å². The van der Waals surface area contributed by atoms with Gasteiger partial charge in [-0.05, 0) is 59.5 Å². The van der Waals surface area contributed by atoms with Gasteiger partial charge in [0.15, 0.2) is 0 Å². The summed E-state index contributed by atoms with van der Waals surface area (Å²) in [5, 5.41) is 0. The van der Waals surface area contributed by atoms with Crippen LogP contribution in [-0.2, 0) is 0 Å². The van der Waals surface area contributed by atoms with Gasteiger partial charge in [-0.3, -0.25) is 4.99 Å². The number of aliphatic imine (C=N–C) groups is 1. The van der Waals surface area contributed by atoms with Crippen molar-refractivity contribution in [3.8, 4) is 0 Å². The van der Waals surface area contributed by atoms with E-state index in [1.807, 2.05) is 0 Å². The van der Waals surface area contributed by atoms with E-state index in [0.29, 0.717) is 0 Å². The van der Waals surface area contributed by atoms with E-state index in [9.17, 15) is 0 Å². The first-order valence-electron chi connectivity index (χ1n) is 4.58. The standard InChI is InChI=1S/C11H12IN/c1-8-9(4-2-5-10(8)12)11-6-3-7-13-11/h2,4-5H,3,6-7H2,1H3. The van der Waals surface area contributed by atoms with Gasteiger partial charge in [-0.1, -0.05) is 12.1 Å². The predicted molar refractivity (Wildman–Crippen MR) is 64.5 cm³/mol. The summed E-state index contributed by atoms with van der Waals surface area (Å²) in [6.45, 7) is 3.19. The number of halogens is 1. The molecule has 0 atom stereocenters. The van der Waals surface area contributed by atoms with Gasteiger partial charge in [-0.15, -0.1) is 0 Å². The molecule has 1 heterocycles. The molecule has 0 aromatic heterocycles. The molecule has 0 bridgehead atoms. The van der Waals surface area contributed by atoms with Gasteiger partial charge in [-0.2, -0.15) is 0 Å². The Balaban J connectivity index is 2.45. The summed E-state index contributed by atoms with van der Waals surface area (Å²) >= 11 is 2.38. The summed E-state index contributed by atoms with van der Waals surface area (Å²) in [5.41, 5.74) is 4.03. The Morgan fingerprint density at radius 2 is 2.23 bits per heavy atom. The molecule has 0 spiro atoms. The van der Waals surface area contributed by atoms with E-state index in [2.05, 4.69) is 52.7 Å². The number of hydrogen-bond acceptors (Lipinski definition) is 1. The molecule has 0 radical (unpaired) electrons. The van der Waals surface area contributed by atoms with Crippen LogP contribution in [0.4, 0.5) is 0 Å². The van der Waals surface area contributed by atoms with E-state index in [1.54, 1.807) is 0 Å². The molecule has 13 heavy (non-hydrogen) atoms. The van der Waals surface area contributed by atoms with Crippen LogP contribution in [0.1, 0.15) is 24.0 Å². The molecule has 2 rings (SSSR count). The average Bonchev–Trinajstić information content (AvgIpc) is 2.62. The molecule has 1 aromatic carbocycles. The summed E-state index contributed by atoms with van der Waals surface area (Å²) in [6.07, 6.45) is 2.38. The molecule has 0 saturated carbocycles. The Labute approximate surface area is 92.4 Å². The quantitative estimate of drug-likeness (QED) is 0.703. The first-order chi connectivity index (χ1) is 6.29. The van der Waals surface area contributed by atoms with Crippen molar-refractivity contribution in [3.63, 3.8) is 0 Å². The fraction of sp³-hybridized carbons (Fsp3) is 0.364. The molecule has 1 aliphatic heterocycles. The van der Waals surface area contributed by atoms with Crippen LogP contribution in [0.25, 0.3) is 0 Å². The molecule has 1 nitrogen and oxygen atoms in total. The summed E-state index contributed by atoms with van der Waals surface area (Å²) in [4.78, 5) is 4.52. The SMILES string of the molecule is Cc1c(I)cccc1C1=NCCC1. The van der Waals surface area contributed by atoms with Gasteiger partial charge in [0.1, 0.15) is 0 Å². The smallest absolute Gasteiger partial charge is 0.0424 e. The largest absolute Gasteiger partial charge is 0.289 e. The molecule has 0 amide bonds. The normalized spacial score (nSPS) is 16.0. The van der Waals surface area contributed by atoms with Gasteiger partial charge >= 0.3 is 0 Å². The number of nitrogens with zero attached hydrogens (tertiary/aromatic N) is 1. The van der Waals surface area contributed by atoms with Gasteiger partial charge in [0.2, 0.25) is 0 Å². The Morgan fingerprint density at radius 3 is 2.92 bits per heavy atom. The number of hydrogen-bond donors (Lipinski definition) is 0. The first-order valence-corrected chi connectivity index (χ1v) is 5.66. The van der Waals surface area contributed by atoms with Crippen LogP contribution < -0.4 is 0 Å². The summed E-state index contributed by atoms with van der Waals surface area (Å²) < 4.78 is 1.34. The molecule has 0 N–H and O–H groups in total. The second-order valence-corrected chi connectivity index (χ2v) is 4.51. The Morgan fingerprint density at radius 1 is 1.38 bits per heavy atom. The van der Waals surface area contributed by atoms with Crippen molar-refractivity contribution in [1.29, 1.82) is 0 Å². The third kappa shape index (κ3) is 1.77. The lowest BCUT2D eigenvalue weighted by molar-refractivity contribution is 0.951. The highest BCUT2D eigenvalue weighted by Crippen LogP contribution is 2.20. The zero-order valence-electron chi connectivity index (χ0n) is 7.68. The van der Waals surface area contributed by atoms with E-state index >= 15 is 0 Å². The number of benzene rings is 1. The Kier molecular flexibility index (Phi) is 2.67. The molecular formula is C11H12IN. The zero-order chi connectivity index (χ0) is 9.26. The van der Waals surface area contributed by atoms with Crippen molar-refractivity contribution in [1.82, 2.24) is 0 Å². The van der Waals surface area contributed by atoms with Crippen molar-refractivity contribution in [2.75, 3.05) is 6.54 Å². The molecule has 1 aliphatic rings. The molecule has 0 saturated heterocycles. The molecule has 0 unspecified atom stereocenters. The van der Waals surface area contributed by atoms with E-state index in [4.69, 9.17) is 0 Å². The fourth-order valence-corrected chi connectivity index (χ4v) is 2.18. The maximum Gasteiger partial charge on any atom is 0.0424 e. The van der Waals surface area contributed by atoms with Crippen molar-refractivity contribution in [2.24, 2.45) is 4.99 Å². The third-order valence-corrected chi connectivity index (χ3v) is 3.62. The van der Waals surface area contributed by atoms with E-state index in [1.165, 1.54) is 26.8 Å². The van der Waals surface area contributed by atoms with Crippen molar-refractivity contribution >= 4 is 28.3 Å². The van der Waals surface area contributed by atoms with Crippen LogP contribution in [0.15, 0.2) is 23.2 Å². The second kappa shape index (κ2) is 3.78. The number of rotatable bonds is 1. The fourth-order valence-electron chi connectivity index (χ4n) is 1.68.